The molecule has 0 aliphatic carbocycles. The molecule has 1 N–H and O–H groups in total. The van der Waals surface area contributed by atoms with Gasteiger partial charge < -0.3 is 5.11 Å². The standard InChI is InChI=1S/C8H13FO2/c1-4-6(5(2)3)7(9)8(10)11/h4-7H,1H2,2-3H3,(H,10,11)/t6-,7-/m0/s1. The average Bonchev–Trinajstić information content (AvgIpc) is 1.88. The molecule has 2 nitrogen and oxygen atoms in total. The van der Waals surface area contributed by atoms with Crippen LogP contribution in [0, 0.1) is 11.8 Å². The van der Waals surface area contributed by atoms with Crippen LogP contribution >= 0.6 is 0 Å². The molecule has 0 radical (unpaired) electrons. The number of halogens is 1. The van der Waals surface area contributed by atoms with Gasteiger partial charge in [0.05, 0.1) is 0 Å². The molecule has 64 valence electrons. The minimum atomic E-state index is -1.83. The van der Waals surface area contributed by atoms with Gasteiger partial charge >= 0.3 is 5.97 Å². The molecule has 0 aromatic carbocycles. The molecular formula is C8H13FO2. The van der Waals surface area contributed by atoms with Gasteiger partial charge in [0.1, 0.15) is 0 Å². The zero-order chi connectivity index (χ0) is 9.02. The van der Waals surface area contributed by atoms with E-state index < -0.39 is 18.1 Å². The number of carboxylic acids is 1. The molecule has 0 aliphatic heterocycles. The van der Waals surface area contributed by atoms with Crippen LogP contribution in [0.3, 0.4) is 0 Å². The Bertz CT molecular complexity index is 154. The highest BCUT2D eigenvalue weighted by Crippen LogP contribution is 2.19. The number of carbonyl (C=O) groups is 1. The van der Waals surface area contributed by atoms with E-state index >= 15 is 0 Å². The second-order valence-corrected chi connectivity index (χ2v) is 2.80. The van der Waals surface area contributed by atoms with Gasteiger partial charge in [-0.05, 0) is 5.92 Å². The maximum absolute atomic E-state index is 12.8. The first-order chi connectivity index (χ1) is 5.00. The number of allylic oxidation sites excluding steroid dienone is 1. The third-order valence-corrected chi connectivity index (χ3v) is 1.62. The molecule has 0 aliphatic rings. The number of hydrogen-bond acceptors (Lipinski definition) is 1. The SMILES string of the molecule is C=C[C@@H](C(C)C)[C@H](F)C(=O)O. The molecule has 0 spiro atoms. The molecule has 2 atom stereocenters. The second kappa shape index (κ2) is 4.11. The van der Waals surface area contributed by atoms with Crippen molar-refractivity contribution in [2.75, 3.05) is 0 Å². The van der Waals surface area contributed by atoms with Crippen molar-refractivity contribution >= 4 is 5.97 Å². The summed E-state index contributed by atoms with van der Waals surface area (Å²) in [4.78, 5) is 10.2. The van der Waals surface area contributed by atoms with Crippen LogP contribution in [-0.4, -0.2) is 17.2 Å². The highest BCUT2D eigenvalue weighted by atomic mass is 19.1. The van der Waals surface area contributed by atoms with Gasteiger partial charge in [0, 0.05) is 5.92 Å². The van der Waals surface area contributed by atoms with E-state index in [2.05, 4.69) is 6.58 Å². The van der Waals surface area contributed by atoms with Gasteiger partial charge in [0.15, 0.2) is 0 Å². The Morgan fingerprint density at radius 2 is 2.09 bits per heavy atom. The van der Waals surface area contributed by atoms with E-state index in [0.29, 0.717) is 0 Å². The summed E-state index contributed by atoms with van der Waals surface area (Å²) in [6.07, 6.45) is -0.476. The van der Waals surface area contributed by atoms with Gasteiger partial charge in [-0.15, -0.1) is 6.58 Å². The Morgan fingerprint density at radius 3 is 2.18 bits per heavy atom. The molecule has 0 rings (SSSR count). The molecule has 0 aromatic heterocycles. The van der Waals surface area contributed by atoms with Crippen molar-refractivity contribution in [1.82, 2.24) is 0 Å². The molecule has 0 amide bonds. The molecule has 0 saturated carbocycles. The molecule has 0 aromatic rings. The normalized spacial score (nSPS) is 16.0. The number of alkyl halides is 1. The molecule has 0 fully saturated rings. The summed E-state index contributed by atoms with van der Waals surface area (Å²) < 4.78 is 12.8. The van der Waals surface area contributed by atoms with E-state index in [1.54, 1.807) is 13.8 Å². The van der Waals surface area contributed by atoms with Crippen LogP contribution in [0.1, 0.15) is 13.8 Å². The van der Waals surface area contributed by atoms with Crippen molar-refractivity contribution in [3.8, 4) is 0 Å². The van der Waals surface area contributed by atoms with Gasteiger partial charge in [-0.1, -0.05) is 19.9 Å². The first kappa shape index (κ1) is 10.1. The van der Waals surface area contributed by atoms with Crippen LogP contribution in [0.15, 0.2) is 12.7 Å². The van der Waals surface area contributed by atoms with Gasteiger partial charge in [0.25, 0.3) is 0 Å². The fourth-order valence-electron chi connectivity index (χ4n) is 0.894. The molecular weight excluding hydrogens is 147 g/mol. The van der Waals surface area contributed by atoms with Gasteiger partial charge in [-0.3, -0.25) is 0 Å². The Hall–Kier alpha value is -0.860. The first-order valence-electron chi connectivity index (χ1n) is 3.50. The van der Waals surface area contributed by atoms with E-state index in [1.807, 2.05) is 0 Å². The number of aliphatic carboxylic acids is 1. The minimum absolute atomic E-state index is 0.0291. The van der Waals surface area contributed by atoms with E-state index in [0.717, 1.165) is 0 Å². The largest absolute Gasteiger partial charge is 0.479 e. The summed E-state index contributed by atoms with van der Waals surface area (Å²) in [5, 5.41) is 8.31. The van der Waals surface area contributed by atoms with Crippen LogP contribution < -0.4 is 0 Å². The summed E-state index contributed by atoms with van der Waals surface area (Å²) in [5.41, 5.74) is 0. The van der Waals surface area contributed by atoms with E-state index in [9.17, 15) is 9.18 Å². The number of rotatable bonds is 4. The monoisotopic (exact) mass is 160 g/mol. The molecule has 3 heteroatoms. The van der Waals surface area contributed by atoms with E-state index in [1.165, 1.54) is 6.08 Å². The smallest absolute Gasteiger partial charge is 0.338 e. The van der Waals surface area contributed by atoms with Crippen LogP contribution in [-0.2, 0) is 4.79 Å². The van der Waals surface area contributed by atoms with Crippen molar-refractivity contribution in [1.29, 1.82) is 0 Å². The summed E-state index contributed by atoms with van der Waals surface area (Å²) in [6, 6.07) is 0. The lowest BCUT2D eigenvalue weighted by Gasteiger charge is -2.17. The highest BCUT2D eigenvalue weighted by molar-refractivity contribution is 5.72. The number of carboxylic acid groups (broad SMARTS) is 1. The molecule has 0 bridgehead atoms. The molecule has 0 unspecified atom stereocenters. The zero-order valence-electron chi connectivity index (χ0n) is 6.75. The van der Waals surface area contributed by atoms with Crippen LogP contribution in [0.25, 0.3) is 0 Å². The van der Waals surface area contributed by atoms with Gasteiger partial charge in [-0.25, -0.2) is 9.18 Å². The van der Waals surface area contributed by atoms with Crippen molar-refractivity contribution in [2.45, 2.75) is 20.0 Å². The minimum Gasteiger partial charge on any atom is -0.479 e. The molecule has 11 heavy (non-hydrogen) atoms. The van der Waals surface area contributed by atoms with Crippen molar-refractivity contribution in [3.63, 3.8) is 0 Å². The lowest BCUT2D eigenvalue weighted by molar-refractivity contribution is -0.144. The Morgan fingerprint density at radius 1 is 1.64 bits per heavy atom. The average molecular weight is 160 g/mol. The fraction of sp³-hybridized carbons (Fsp3) is 0.625. The van der Waals surface area contributed by atoms with Crippen molar-refractivity contribution in [2.24, 2.45) is 11.8 Å². The Balaban J connectivity index is 4.25. The predicted molar refractivity (Wildman–Crippen MR) is 41.1 cm³/mol. The molecule has 0 saturated heterocycles. The maximum Gasteiger partial charge on any atom is 0.338 e. The van der Waals surface area contributed by atoms with Crippen LogP contribution in [0.4, 0.5) is 4.39 Å². The van der Waals surface area contributed by atoms with Gasteiger partial charge in [0.2, 0.25) is 6.17 Å². The summed E-state index contributed by atoms with van der Waals surface area (Å²) >= 11 is 0. The number of hydrogen-bond donors (Lipinski definition) is 1. The summed E-state index contributed by atoms with van der Waals surface area (Å²) in [7, 11) is 0. The first-order valence-corrected chi connectivity index (χ1v) is 3.50. The van der Waals surface area contributed by atoms with Crippen molar-refractivity contribution < 1.29 is 14.3 Å². The van der Waals surface area contributed by atoms with E-state index in [4.69, 9.17) is 5.11 Å². The van der Waals surface area contributed by atoms with Crippen LogP contribution in [0.2, 0.25) is 0 Å². The maximum atomic E-state index is 12.8. The summed E-state index contributed by atoms with van der Waals surface area (Å²) in [6.45, 7) is 6.91. The molecule has 0 heterocycles. The zero-order valence-corrected chi connectivity index (χ0v) is 6.75. The third kappa shape index (κ3) is 2.70. The fourth-order valence-corrected chi connectivity index (χ4v) is 0.894. The summed E-state index contributed by atoms with van der Waals surface area (Å²) in [5.74, 6) is -2.03. The Kier molecular flexibility index (Phi) is 3.79. The Labute approximate surface area is 65.7 Å². The van der Waals surface area contributed by atoms with Crippen LogP contribution in [0.5, 0.6) is 0 Å². The lowest BCUT2D eigenvalue weighted by Crippen LogP contribution is -2.27. The third-order valence-electron chi connectivity index (χ3n) is 1.62. The second-order valence-electron chi connectivity index (χ2n) is 2.80. The van der Waals surface area contributed by atoms with Gasteiger partial charge in [-0.2, -0.15) is 0 Å². The van der Waals surface area contributed by atoms with Crippen molar-refractivity contribution in [3.05, 3.63) is 12.7 Å². The predicted octanol–water partition coefficient (Wildman–Crippen LogP) is 1.87. The lowest BCUT2D eigenvalue weighted by atomic mass is 9.91. The topological polar surface area (TPSA) is 37.3 Å². The highest BCUT2D eigenvalue weighted by Gasteiger charge is 2.27. The quantitative estimate of drug-likeness (QED) is 0.637. The van der Waals surface area contributed by atoms with E-state index in [-0.39, 0.29) is 5.92 Å².